The van der Waals surface area contributed by atoms with Crippen molar-refractivity contribution in [2.24, 2.45) is 4.99 Å². The van der Waals surface area contributed by atoms with Gasteiger partial charge in [-0.2, -0.15) is 0 Å². The summed E-state index contributed by atoms with van der Waals surface area (Å²) in [6.45, 7) is 0. The topological polar surface area (TPSA) is 64.1 Å². The van der Waals surface area contributed by atoms with Crippen LogP contribution in [0.3, 0.4) is 0 Å². The zero-order valence-corrected chi connectivity index (χ0v) is 16.6. The predicted octanol–water partition coefficient (Wildman–Crippen LogP) is 3.91. The van der Waals surface area contributed by atoms with Gasteiger partial charge in [-0.3, -0.25) is 4.99 Å². The third-order valence-corrected chi connectivity index (χ3v) is 4.78. The van der Waals surface area contributed by atoms with Crippen LogP contribution in [-0.2, 0) is 0 Å². The van der Waals surface area contributed by atoms with Gasteiger partial charge in [0, 0.05) is 41.9 Å². The number of hydrogen-bond acceptors (Lipinski definition) is 4. The molecule has 2 atom stereocenters. The zero-order valence-electron chi connectivity index (χ0n) is 15.9. The number of aliphatic imine (C=N–C) groups is 1. The summed E-state index contributed by atoms with van der Waals surface area (Å²) in [5.41, 5.74) is 2.03. The number of methoxy groups -OCH3 is 3. The normalized spacial score (nSPS) is 18.6. The van der Waals surface area contributed by atoms with Crippen LogP contribution in [0.4, 0.5) is 5.69 Å². The Hall–Kier alpha value is -2.60. The van der Waals surface area contributed by atoms with E-state index in [9.17, 15) is 0 Å². The van der Waals surface area contributed by atoms with Gasteiger partial charge in [-0.1, -0.05) is 23.7 Å². The Morgan fingerprint density at radius 2 is 1.78 bits per heavy atom. The number of nitrogens with zero attached hydrogens (tertiary/aromatic N) is 1. The van der Waals surface area contributed by atoms with Crippen molar-refractivity contribution in [3.63, 3.8) is 0 Å². The monoisotopic (exact) mass is 389 g/mol. The van der Waals surface area contributed by atoms with E-state index in [1.54, 1.807) is 28.4 Å². The van der Waals surface area contributed by atoms with Gasteiger partial charge in [0.1, 0.15) is 0 Å². The van der Waals surface area contributed by atoms with E-state index in [2.05, 4.69) is 21.7 Å². The van der Waals surface area contributed by atoms with Crippen LogP contribution < -0.4 is 24.8 Å². The quantitative estimate of drug-likeness (QED) is 0.579. The Kier molecular flexibility index (Phi) is 5.96. The molecule has 0 saturated heterocycles. The third kappa shape index (κ3) is 4.39. The fraction of sp³-hybridized carbons (Fsp3) is 0.350. The molecule has 3 rings (SSSR count). The largest absolute Gasteiger partial charge is 0.493 e. The first-order valence-electron chi connectivity index (χ1n) is 8.65. The van der Waals surface area contributed by atoms with Crippen molar-refractivity contribution in [2.75, 3.05) is 33.7 Å². The van der Waals surface area contributed by atoms with Gasteiger partial charge in [0.25, 0.3) is 0 Å². The molecule has 0 amide bonds. The van der Waals surface area contributed by atoms with Crippen LogP contribution in [-0.4, -0.2) is 40.4 Å². The van der Waals surface area contributed by atoms with Gasteiger partial charge in [0.2, 0.25) is 5.75 Å². The van der Waals surface area contributed by atoms with E-state index >= 15 is 0 Å². The van der Waals surface area contributed by atoms with Crippen molar-refractivity contribution in [3.05, 3.63) is 47.0 Å². The van der Waals surface area contributed by atoms with Crippen molar-refractivity contribution in [1.29, 1.82) is 0 Å². The average Bonchev–Trinajstić information content (AvgIpc) is 3.45. The summed E-state index contributed by atoms with van der Waals surface area (Å²) in [6.07, 6.45) is 1.04. The Balaban J connectivity index is 1.70. The summed E-state index contributed by atoms with van der Waals surface area (Å²) < 4.78 is 16.2. The summed E-state index contributed by atoms with van der Waals surface area (Å²) in [7, 11) is 6.50. The van der Waals surface area contributed by atoms with E-state index in [1.807, 2.05) is 30.3 Å². The molecule has 0 heterocycles. The van der Waals surface area contributed by atoms with Gasteiger partial charge >= 0.3 is 0 Å². The van der Waals surface area contributed by atoms with Gasteiger partial charge in [-0.05, 0) is 24.1 Å². The number of benzene rings is 2. The zero-order chi connectivity index (χ0) is 19.4. The van der Waals surface area contributed by atoms with Crippen LogP contribution >= 0.6 is 11.6 Å². The minimum absolute atomic E-state index is 0.316. The highest BCUT2D eigenvalue weighted by molar-refractivity contribution is 6.30. The second-order valence-corrected chi connectivity index (χ2v) is 6.70. The van der Waals surface area contributed by atoms with E-state index in [-0.39, 0.29) is 0 Å². The van der Waals surface area contributed by atoms with Crippen LogP contribution in [0.1, 0.15) is 17.9 Å². The number of nitrogens with one attached hydrogen (secondary N) is 2. The van der Waals surface area contributed by atoms with E-state index in [1.165, 1.54) is 5.56 Å². The molecule has 27 heavy (non-hydrogen) atoms. The molecule has 2 unspecified atom stereocenters. The van der Waals surface area contributed by atoms with E-state index in [0.29, 0.717) is 35.2 Å². The molecule has 1 aliphatic carbocycles. The fourth-order valence-electron chi connectivity index (χ4n) is 3.08. The lowest BCUT2D eigenvalue weighted by atomic mass is 10.1. The lowest BCUT2D eigenvalue weighted by molar-refractivity contribution is 0.324. The maximum absolute atomic E-state index is 6.10. The van der Waals surface area contributed by atoms with E-state index in [4.69, 9.17) is 25.8 Å². The summed E-state index contributed by atoms with van der Waals surface area (Å²) in [6, 6.07) is 12.0. The lowest BCUT2D eigenvalue weighted by Gasteiger charge is -2.16. The van der Waals surface area contributed by atoms with Crippen molar-refractivity contribution in [1.82, 2.24) is 5.32 Å². The van der Waals surface area contributed by atoms with Gasteiger partial charge in [-0.25, -0.2) is 0 Å². The number of hydrogen-bond donors (Lipinski definition) is 2. The second kappa shape index (κ2) is 8.39. The molecule has 1 saturated carbocycles. The molecule has 2 N–H and O–H groups in total. The Morgan fingerprint density at radius 1 is 1.07 bits per heavy atom. The Morgan fingerprint density at radius 3 is 2.33 bits per heavy atom. The fourth-order valence-corrected chi connectivity index (χ4v) is 3.28. The first kappa shape index (κ1) is 19.2. The van der Waals surface area contributed by atoms with Crippen molar-refractivity contribution < 1.29 is 14.2 Å². The first-order chi connectivity index (χ1) is 13.1. The standard InChI is InChI=1S/C20H24ClN3O3/c1-22-20(24-16-11-15(16)12-6-5-7-13(21)8-12)23-14-9-17(25-2)19(27-4)18(10-14)26-3/h5-10,15-16H,11H2,1-4H3,(H2,22,23,24). The number of ether oxygens (including phenoxy) is 3. The maximum Gasteiger partial charge on any atom is 0.203 e. The minimum Gasteiger partial charge on any atom is -0.493 e. The minimum atomic E-state index is 0.316. The van der Waals surface area contributed by atoms with Crippen LogP contribution in [0.5, 0.6) is 17.2 Å². The molecule has 0 aliphatic heterocycles. The number of anilines is 1. The second-order valence-electron chi connectivity index (χ2n) is 6.26. The Labute approximate surface area is 164 Å². The molecule has 6 nitrogen and oxygen atoms in total. The molecule has 0 radical (unpaired) electrons. The molecular weight excluding hydrogens is 366 g/mol. The van der Waals surface area contributed by atoms with Gasteiger partial charge in [-0.15, -0.1) is 0 Å². The summed E-state index contributed by atoms with van der Waals surface area (Å²) in [4.78, 5) is 4.32. The molecule has 144 valence electrons. The highest BCUT2D eigenvalue weighted by Crippen LogP contribution is 2.42. The summed E-state index contributed by atoms with van der Waals surface area (Å²) in [5, 5.41) is 7.49. The highest BCUT2D eigenvalue weighted by Gasteiger charge is 2.39. The number of guanidine groups is 1. The van der Waals surface area contributed by atoms with E-state index in [0.717, 1.165) is 17.1 Å². The number of halogens is 1. The molecule has 0 aromatic heterocycles. The number of rotatable bonds is 6. The van der Waals surface area contributed by atoms with Crippen molar-refractivity contribution >= 4 is 23.2 Å². The smallest absolute Gasteiger partial charge is 0.203 e. The van der Waals surface area contributed by atoms with Gasteiger partial charge < -0.3 is 24.8 Å². The molecule has 2 aromatic rings. The van der Waals surface area contributed by atoms with Crippen LogP contribution in [0, 0.1) is 0 Å². The highest BCUT2D eigenvalue weighted by atomic mass is 35.5. The molecule has 2 aromatic carbocycles. The van der Waals surface area contributed by atoms with E-state index < -0.39 is 0 Å². The average molecular weight is 390 g/mol. The molecule has 1 aliphatic rings. The third-order valence-electron chi connectivity index (χ3n) is 4.54. The van der Waals surface area contributed by atoms with Crippen LogP contribution in [0.25, 0.3) is 0 Å². The van der Waals surface area contributed by atoms with Gasteiger partial charge in [0.05, 0.1) is 21.3 Å². The van der Waals surface area contributed by atoms with Crippen molar-refractivity contribution in [3.8, 4) is 17.2 Å². The molecular formula is C20H24ClN3O3. The SMILES string of the molecule is CN=C(Nc1cc(OC)c(OC)c(OC)c1)NC1CC1c1cccc(Cl)c1. The first-order valence-corrected chi connectivity index (χ1v) is 9.03. The molecule has 0 bridgehead atoms. The molecule has 1 fully saturated rings. The predicted molar refractivity (Wildman–Crippen MR) is 109 cm³/mol. The van der Waals surface area contributed by atoms with Crippen LogP contribution in [0.15, 0.2) is 41.4 Å². The van der Waals surface area contributed by atoms with Crippen LogP contribution in [0.2, 0.25) is 5.02 Å². The molecule has 0 spiro atoms. The summed E-state index contributed by atoms with van der Waals surface area (Å²) in [5.74, 6) is 2.83. The summed E-state index contributed by atoms with van der Waals surface area (Å²) >= 11 is 6.10. The Bertz CT molecular complexity index is 816. The van der Waals surface area contributed by atoms with Gasteiger partial charge in [0.15, 0.2) is 17.5 Å². The van der Waals surface area contributed by atoms with Crippen molar-refractivity contribution in [2.45, 2.75) is 18.4 Å². The maximum atomic E-state index is 6.10. The molecule has 7 heteroatoms. The lowest BCUT2D eigenvalue weighted by Crippen LogP contribution is -2.33.